The monoisotopic (exact) mass is 304 g/mol. The second-order valence-corrected chi connectivity index (χ2v) is 7.21. The van der Waals surface area contributed by atoms with E-state index in [2.05, 4.69) is 0 Å². The number of hydrogen-bond acceptors (Lipinski definition) is 3. The van der Waals surface area contributed by atoms with Crippen molar-refractivity contribution in [3.8, 4) is 0 Å². The molecule has 3 nitrogen and oxygen atoms in total. The van der Waals surface area contributed by atoms with Crippen LogP contribution in [-0.4, -0.2) is 23.8 Å². The van der Waals surface area contributed by atoms with Gasteiger partial charge in [-0.15, -0.1) is 0 Å². The zero-order valence-corrected chi connectivity index (χ0v) is 13.4. The van der Waals surface area contributed by atoms with Gasteiger partial charge in [0.15, 0.2) is 11.4 Å². The van der Waals surface area contributed by atoms with Crippen molar-refractivity contribution in [2.75, 3.05) is 0 Å². The Labute approximate surface area is 129 Å². The molecule has 0 bridgehead atoms. The second-order valence-electron chi connectivity index (χ2n) is 7.21. The van der Waals surface area contributed by atoms with Crippen molar-refractivity contribution in [3.05, 3.63) is 34.6 Å². The molecule has 2 aliphatic carbocycles. The number of hydrogen-bond donors (Lipinski definition) is 0. The number of ether oxygens (including phenoxy) is 1. The van der Waals surface area contributed by atoms with Crippen molar-refractivity contribution < 1.29 is 18.7 Å². The molecule has 0 aromatic heterocycles. The molecule has 1 fully saturated rings. The lowest BCUT2D eigenvalue weighted by Crippen LogP contribution is -2.56. The van der Waals surface area contributed by atoms with E-state index >= 15 is 0 Å². The van der Waals surface area contributed by atoms with Crippen molar-refractivity contribution >= 4 is 12.1 Å². The molecule has 3 unspecified atom stereocenters. The summed E-state index contributed by atoms with van der Waals surface area (Å²) in [6.45, 7) is 7.69. The third-order valence-electron chi connectivity index (χ3n) is 5.26. The second kappa shape index (κ2) is 4.64. The van der Waals surface area contributed by atoms with Gasteiger partial charge in [-0.1, -0.05) is 13.8 Å². The van der Waals surface area contributed by atoms with Gasteiger partial charge in [0.2, 0.25) is 0 Å². The fourth-order valence-corrected chi connectivity index (χ4v) is 3.75. The van der Waals surface area contributed by atoms with Crippen LogP contribution in [-0.2, 0) is 14.3 Å². The zero-order valence-electron chi connectivity index (χ0n) is 13.4. The molecule has 3 atom stereocenters. The molecular weight excluding hydrogens is 283 g/mol. The maximum absolute atomic E-state index is 13.5. The van der Waals surface area contributed by atoms with Crippen LogP contribution in [0.4, 0.5) is 4.39 Å². The average Bonchev–Trinajstić information content (AvgIpc) is 3.02. The van der Waals surface area contributed by atoms with Crippen molar-refractivity contribution in [1.29, 1.82) is 0 Å². The van der Waals surface area contributed by atoms with Gasteiger partial charge < -0.3 is 4.74 Å². The molecule has 1 heterocycles. The van der Waals surface area contributed by atoms with E-state index in [0.29, 0.717) is 24.2 Å². The maximum atomic E-state index is 13.5. The molecule has 1 aliphatic heterocycles. The molecule has 0 aromatic rings. The molecule has 0 aromatic carbocycles. The van der Waals surface area contributed by atoms with Gasteiger partial charge in [-0.05, 0) is 37.5 Å². The van der Waals surface area contributed by atoms with Crippen molar-refractivity contribution in [1.82, 2.24) is 0 Å². The molecule has 3 aliphatic rings. The van der Waals surface area contributed by atoms with Crippen molar-refractivity contribution in [2.45, 2.75) is 52.3 Å². The minimum atomic E-state index is -0.896. The van der Waals surface area contributed by atoms with Gasteiger partial charge in [-0.3, -0.25) is 9.59 Å². The molecule has 1 saturated carbocycles. The molecule has 0 radical (unpaired) electrons. The summed E-state index contributed by atoms with van der Waals surface area (Å²) < 4.78 is 19.6. The molecule has 22 heavy (non-hydrogen) atoms. The largest absolute Gasteiger partial charge is 0.478 e. The Morgan fingerprint density at radius 3 is 2.55 bits per heavy atom. The zero-order chi connectivity index (χ0) is 16.3. The van der Waals surface area contributed by atoms with Gasteiger partial charge in [0, 0.05) is 29.4 Å². The summed E-state index contributed by atoms with van der Waals surface area (Å²) >= 11 is 0. The van der Waals surface area contributed by atoms with Gasteiger partial charge in [-0.2, -0.15) is 0 Å². The van der Waals surface area contributed by atoms with E-state index in [9.17, 15) is 14.0 Å². The standard InChI is InChI=1S/C18H21FO3/c1-10(5-6-20)15-9-18(22-15)11(2)16(12-7-13(12)19)14(21)8-17(18,3)4/h5-6,9,12-13H,7-8H2,1-4H3/b10-5-. The molecule has 0 N–H and O–H groups in total. The van der Waals surface area contributed by atoms with E-state index < -0.39 is 11.8 Å². The number of alkyl halides is 1. The normalized spacial score (nSPS) is 36.7. The Hall–Kier alpha value is -1.71. The first-order chi connectivity index (χ1) is 10.2. The van der Waals surface area contributed by atoms with Gasteiger partial charge in [0.05, 0.1) is 0 Å². The lowest BCUT2D eigenvalue weighted by Gasteiger charge is -2.54. The van der Waals surface area contributed by atoms with Crippen LogP contribution in [0.25, 0.3) is 0 Å². The minimum absolute atomic E-state index is 0.0453. The molecule has 1 spiro atoms. The number of aldehydes is 1. The molecular formula is C18H21FO3. The van der Waals surface area contributed by atoms with Gasteiger partial charge in [0.25, 0.3) is 0 Å². The fourth-order valence-electron chi connectivity index (χ4n) is 3.75. The van der Waals surface area contributed by atoms with E-state index in [0.717, 1.165) is 17.4 Å². The van der Waals surface area contributed by atoms with Crippen LogP contribution in [0.1, 0.15) is 40.5 Å². The summed E-state index contributed by atoms with van der Waals surface area (Å²) in [7, 11) is 0. The fraction of sp³-hybridized carbons (Fsp3) is 0.556. The van der Waals surface area contributed by atoms with Crippen LogP contribution in [0.5, 0.6) is 0 Å². The molecule has 4 heteroatoms. The summed E-state index contributed by atoms with van der Waals surface area (Å²) in [6, 6.07) is 0. The summed E-state index contributed by atoms with van der Waals surface area (Å²) in [5.74, 6) is 0.456. The van der Waals surface area contributed by atoms with Crippen LogP contribution in [0.15, 0.2) is 34.6 Å². The highest BCUT2D eigenvalue weighted by Gasteiger charge is 2.60. The first-order valence-electron chi connectivity index (χ1n) is 7.66. The van der Waals surface area contributed by atoms with E-state index in [4.69, 9.17) is 4.74 Å². The van der Waals surface area contributed by atoms with Crippen LogP contribution in [0.3, 0.4) is 0 Å². The number of Topliss-reactive ketones (excluding diaryl/α,β-unsaturated/α-hetero) is 1. The SMILES string of the molecule is CC1=C(C2CC2F)C(=O)CC(C)(C)C12C=C(/C(C)=C\C=O)O2. The van der Waals surface area contributed by atoms with Crippen LogP contribution >= 0.6 is 0 Å². The van der Waals surface area contributed by atoms with Gasteiger partial charge in [-0.25, -0.2) is 4.39 Å². The first kappa shape index (κ1) is 15.2. The van der Waals surface area contributed by atoms with E-state index in [1.165, 1.54) is 6.08 Å². The third kappa shape index (κ3) is 1.93. The number of allylic oxidation sites excluding steroid dienone is 3. The number of carbonyl (C=O) groups excluding carboxylic acids is 2. The van der Waals surface area contributed by atoms with Gasteiger partial charge in [0.1, 0.15) is 18.2 Å². The maximum Gasteiger partial charge on any atom is 0.160 e. The van der Waals surface area contributed by atoms with Gasteiger partial charge >= 0.3 is 0 Å². The average molecular weight is 304 g/mol. The molecule has 118 valence electrons. The Bertz CT molecular complexity index is 653. The van der Waals surface area contributed by atoms with Crippen molar-refractivity contribution in [2.24, 2.45) is 11.3 Å². The molecule has 3 rings (SSSR count). The first-order valence-corrected chi connectivity index (χ1v) is 7.66. The summed E-state index contributed by atoms with van der Waals surface area (Å²) in [5.41, 5.74) is 1.17. The smallest absolute Gasteiger partial charge is 0.160 e. The number of rotatable bonds is 3. The van der Waals surface area contributed by atoms with Crippen LogP contribution in [0.2, 0.25) is 0 Å². The summed E-state index contributed by atoms with van der Waals surface area (Å²) in [6.07, 6.45) is 4.06. The van der Waals surface area contributed by atoms with E-state index in [1.54, 1.807) is 0 Å². The van der Waals surface area contributed by atoms with Crippen LogP contribution in [0, 0.1) is 11.3 Å². The highest BCUT2D eigenvalue weighted by molar-refractivity contribution is 5.99. The highest BCUT2D eigenvalue weighted by atomic mass is 19.1. The Morgan fingerprint density at radius 1 is 1.45 bits per heavy atom. The number of halogens is 1. The number of carbonyl (C=O) groups is 2. The topological polar surface area (TPSA) is 43.4 Å². The molecule has 0 saturated heterocycles. The summed E-state index contributed by atoms with van der Waals surface area (Å²) in [4.78, 5) is 23.0. The number of ketones is 1. The Kier molecular flexibility index (Phi) is 3.21. The summed E-state index contributed by atoms with van der Waals surface area (Å²) in [5, 5.41) is 0. The van der Waals surface area contributed by atoms with Crippen molar-refractivity contribution in [3.63, 3.8) is 0 Å². The molecule has 0 amide bonds. The lowest BCUT2D eigenvalue weighted by atomic mass is 9.60. The van der Waals surface area contributed by atoms with E-state index in [1.807, 2.05) is 33.8 Å². The van der Waals surface area contributed by atoms with E-state index in [-0.39, 0.29) is 17.1 Å². The van der Waals surface area contributed by atoms with Crippen LogP contribution < -0.4 is 0 Å². The lowest BCUT2D eigenvalue weighted by molar-refractivity contribution is -0.127. The predicted octanol–water partition coefficient (Wildman–Crippen LogP) is 3.46. The third-order valence-corrected chi connectivity index (χ3v) is 5.26. The Morgan fingerprint density at radius 2 is 2.05 bits per heavy atom. The quantitative estimate of drug-likeness (QED) is 0.592. The highest BCUT2D eigenvalue weighted by Crippen LogP contribution is 2.58. The Balaban J connectivity index is 2.06. The predicted molar refractivity (Wildman–Crippen MR) is 80.8 cm³/mol. The minimum Gasteiger partial charge on any atom is -0.478 e.